The van der Waals surface area contributed by atoms with Crippen LogP contribution in [-0.2, 0) is 4.79 Å². The second kappa shape index (κ2) is 7.87. The van der Waals surface area contributed by atoms with Crippen LogP contribution in [0, 0.1) is 0 Å². The maximum atomic E-state index is 10.9. The highest BCUT2D eigenvalue weighted by Crippen LogP contribution is 2.37. The molecule has 0 aliphatic heterocycles. The molecule has 0 aromatic heterocycles. The van der Waals surface area contributed by atoms with Crippen LogP contribution in [0.25, 0.3) is 0 Å². The minimum Gasteiger partial charge on any atom is -0.503 e. The lowest BCUT2D eigenvalue weighted by atomic mass is 10.0. The third kappa shape index (κ3) is 4.66. The lowest BCUT2D eigenvalue weighted by Crippen LogP contribution is -2.21. The zero-order chi connectivity index (χ0) is 15.3. The molecule has 0 aliphatic carbocycles. The molecule has 112 valence electrons. The highest BCUT2D eigenvalue weighted by molar-refractivity contribution is 9.10. The van der Waals surface area contributed by atoms with Crippen molar-refractivity contribution >= 4 is 32.8 Å². The van der Waals surface area contributed by atoms with Gasteiger partial charge in [0.25, 0.3) is 0 Å². The minimum atomic E-state index is -1.17. The fraction of sp³-hybridized carbons (Fsp3) is 0.462. The third-order valence-corrected chi connectivity index (χ3v) is 4.03. The van der Waals surface area contributed by atoms with E-state index in [4.69, 9.17) is 4.74 Å². The molecule has 1 aromatic carbocycles. The number of halogens is 1. The molecule has 0 bridgehead atoms. The molecule has 0 aliphatic rings. The molecule has 0 spiro atoms. The Morgan fingerprint density at radius 3 is 2.65 bits per heavy atom. The van der Waals surface area contributed by atoms with Crippen molar-refractivity contribution < 1.29 is 24.9 Å². The van der Waals surface area contributed by atoms with Crippen LogP contribution in [0.4, 0.5) is 0 Å². The summed E-state index contributed by atoms with van der Waals surface area (Å²) in [5.74, 6) is 0.261. The number of benzene rings is 1. The quantitative estimate of drug-likeness (QED) is 0.717. The van der Waals surface area contributed by atoms with Crippen molar-refractivity contribution in [1.82, 2.24) is 0 Å². The standard InChI is InChI=1S/C13H17BrO5S/c1-3-19-11-5-8(4-9(14)13(11)18)12(17)10(16)6-20-7(2)15/h4-5,10,12,16-18H,3,6H2,1-2H3. The van der Waals surface area contributed by atoms with Crippen LogP contribution in [0.5, 0.6) is 11.5 Å². The molecule has 3 N–H and O–H groups in total. The number of ether oxygens (including phenoxy) is 1. The number of carbonyl (C=O) groups excluding carboxylic acids is 1. The van der Waals surface area contributed by atoms with Gasteiger partial charge < -0.3 is 20.1 Å². The minimum absolute atomic E-state index is 0.0598. The van der Waals surface area contributed by atoms with E-state index in [2.05, 4.69) is 15.9 Å². The second-order valence-corrected chi connectivity index (χ2v) is 6.15. The molecular formula is C13H17BrO5S. The number of hydrogen-bond acceptors (Lipinski definition) is 6. The molecule has 1 aromatic rings. The van der Waals surface area contributed by atoms with Crippen molar-refractivity contribution in [2.75, 3.05) is 12.4 Å². The Hall–Kier alpha value is -0.760. The van der Waals surface area contributed by atoms with Gasteiger partial charge in [0.1, 0.15) is 6.10 Å². The molecule has 0 saturated heterocycles. The lowest BCUT2D eigenvalue weighted by molar-refractivity contribution is -0.109. The van der Waals surface area contributed by atoms with Gasteiger partial charge in [-0.15, -0.1) is 0 Å². The molecule has 0 saturated carbocycles. The van der Waals surface area contributed by atoms with E-state index < -0.39 is 12.2 Å². The number of rotatable bonds is 6. The first-order chi connectivity index (χ1) is 9.36. The zero-order valence-corrected chi connectivity index (χ0v) is 13.6. The van der Waals surface area contributed by atoms with E-state index in [1.165, 1.54) is 19.1 Å². The van der Waals surface area contributed by atoms with Gasteiger partial charge in [-0.1, -0.05) is 11.8 Å². The van der Waals surface area contributed by atoms with Gasteiger partial charge in [-0.2, -0.15) is 0 Å². The van der Waals surface area contributed by atoms with E-state index in [0.717, 1.165) is 11.8 Å². The molecule has 2 unspecified atom stereocenters. The summed E-state index contributed by atoms with van der Waals surface area (Å²) in [6.07, 6.45) is -2.26. The number of aliphatic hydroxyl groups is 2. The summed E-state index contributed by atoms with van der Waals surface area (Å²) in [7, 11) is 0. The number of carbonyl (C=O) groups is 1. The molecule has 7 heteroatoms. The summed E-state index contributed by atoms with van der Waals surface area (Å²) < 4.78 is 5.62. The average Bonchev–Trinajstić information content (AvgIpc) is 2.40. The summed E-state index contributed by atoms with van der Waals surface area (Å²) in [4.78, 5) is 10.9. The third-order valence-electron chi connectivity index (χ3n) is 2.51. The van der Waals surface area contributed by atoms with E-state index in [-0.39, 0.29) is 22.4 Å². The SMILES string of the molecule is CCOc1cc(C(O)C(O)CSC(C)=O)cc(Br)c1O. The van der Waals surface area contributed by atoms with Crippen molar-refractivity contribution in [3.63, 3.8) is 0 Å². The van der Waals surface area contributed by atoms with Gasteiger partial charge in [0, 0.05) is 12.7 Å². The van der Waals surface area contributed by atoms with Crippen LogP contribution < -0.4 is 4.74 Å². The number of hydrogen-bond donors (Lipinski definition) is 3. The molecule has 0 radical (unpaired) electrons. The molecule has 5 nitrogen and oxygen atoms in total. The first-order valence-corrected chi connectivity index (χ1v) is 7.79. The molecule has 20 heavy (non-hydrogen) atoms. The van der Waals surface area contributed by atoms with Gasteiger partial charge in [0.15, 0.2) is 16.6 Å². The van der Waals surface area contributed by atoms with E-state index in [1.807, 2.05) is 0 Å². The largest absolute Gasteiger partial charge is 0.503 e. The monoisotopic (exact) mass is 364 g/mol. The summed E-state index contributed by atoms with van der Waals surface area (Å²) in [5.41, 5.74) is 0.398. The molecule has 1 rings (SSSR count). The molecule has 2 atom stereocenters. The fourth-order valence-electron chi connectivity index (χ4n) is 1.55. The van der Waals surface area contributed by atoms with Gasteiger partial charge in [0.05, 0.1) is 17.2 Å². The Kier molecular flexibility index (Phi) is 6.81. The number of thioether (sulfide) groups is 1. The molecule has 0 heterocycles. The van der Waals surface area contributed by atoms with Crippen molar-refractivity contribution in [3.8, 4) is 11.5 Å². The van der Waals surface area contributed by atoms with Gasteiger partial charge in [-0.3, -0.25) is 4.79 Å². The first-order valence-electron chi connectivity index (χ1n) is 6.01. The Morgan fingerprint density at radius 2 is 2.10 bits per heavy atom. The predicted molar refractivity (Wildman–Crippen MR) is 81.1 cm³/mol. The highest BCUT2D eigenvalue weighted by Gasteiger charge is 2.22. The van der Waals surface area contributed by atoms with E-state index in [9.17, 15) is 20.1 Å². The van der Waals surface area contributed by atoms with Gasteiger partial charge >= 0.3 is 0 Å². The van der Waals surface area contributed by atoms with E-state index >= 15 is 0 Å². The topological polar surface area (TPSA) is 87.0 Å². The fourth-order valence-corrected chi connectivity index (χ4v) is 2.59. The Morgan fingerprint density at radius 1 is 1.45 bits per heavy atom. The van der Waals surface area contributed by atoms with Crippen LogP contribution in [0.3, 0.4) is 0 Å². The maximum absolute atomic E-state index is 10.9. The van der Waals surface area contributed by atoms with Crippen molar-refractivity contribution in [1.29, 1.82) is 0 Å². The average molecular weight is 365 g/mol. The van der Waals surface area contributed by atoms with Crippen molar-refractivity contribution in [2.45, 2.75) is 26.1 Å². The zero-order valence-electron chi connectivity index (χ0n) is 11.2. The van der Waals surface area contributed by atoms with Crippen molar-refractivity contribution in [2.24, 2.45) is 0 Å². The summed E-state index contributed by atoms with van der Waals surface area (Å²) in [6.45, 7) is 3.53. The number of aromatic hydroxyl groups is 1. The van der Waals surface area contributed by atoms with E-state index in [1.54, 1.807) is 6.92 Å². The van der Waals surface area contributed by atoms with Crippen molar-refractivity contribution in [3.05, 3.63) is 22.2 Å². The second-order valence-electron chi connectivity index (χ2n) is 4.10. The Labute approximate surface area is 130 Å². The van der Waals surface area contributed by atoms with Crippen LogP contribution >= 0.6 is 27.7 Å². The summed E-state index contributed by atoms with van der Waals surface area (Å²) in [6, 6.07) is 2.97. The highest BCUT2D eigenvalue weighted by atomic mass is 79.9. The summed E-state index contributed by atoms with van der Waals surface area (Å²) in [5, 5.41) is 29.6. The predicted octanol–water partition coefficient (Wildman–Crippen LogP) is 2.23. The first kappa shape index (κ1) is 17.3. The van der Waals surface area contributed by atoms with Crippen LogP contribution in [-0.4, -0.2) is 38.9 Å². The van der Waals surface area contributed by atoms with Gasteiger partial charge in [-0.05, 0) is 40.5 Å². The van der Waals surface area contributed by atoms with Crippen LogP contribution in [0.15, 0.2) is 16.6 Å². The summed E-state index contributed by atoms with van der Waals surface area (Å²) >= 11 is 4.11. The van der Waals surface area contributed by atoms with Crippen LogP contribution in [0.2, 0.25) is 0 Å². The Balaban J connectivity index is 2.91. The normalized spacial score (nSPS) is 13.8. The van der Waals surface area contributed by atoms with E-state index in [0.29, 0.717) is 16.6 Å². The van der Waals surface area contributed by atoms with Gasteiger partial charge in [0.2, 0.25) is 0 Å². The van der Waals surface area contributed by atoms with Gasteiger partial charge in [-0.25, -0.2) is 0 Å². The maximum Gasteiger partial charge on any atom is 0.185 e. The number of aliphatic hydroxyl groups excluding tert-OH is 2. The smallest absolute Gasteiger partial charge is 0.185 e. The number of phenolic OH excluding ortho intramolecular Hbond substituents is 1. The molecular weight excluding hydrogens is 348 g/mol. The Bertz CT molecular complexity index is 480. The molecule has 0 fully saturated rings. The van der Waals surface area contributed by atoms with Crippen LogP contribution in [0.1, 0.15) is 25.5 Å². The lowest BCUT2D eigenvalue weighted by Gasteiger charge is -2.19. The number of phenols is 1. The molecule has 0 amide bonds.